The van der Waals surface area contributed by atoms with E-state index < -0.39 is 0 Å². The molecule has 0 bridgehead atoms. The van der Waals surface area contributed by atoms with Crippen molar-refractivity contribution in [1.82, 2.24) is 4.98 Å². The van der Waals surface area contributed by atoms with Crippen molar-refractivity contribution in [2.45, 2.75) is 32.1 Å². The van der Waals surface area contributed by atoms with Crippen molar-refractivity contribution in [3.63, 3.8) is 0 Å². The standard InChI is InChI=1S/C17H21ClN2/c18-12-17(9-4-1-5-10-17)13-20-16-15-7-3-2-6-14(15)8-11-19-16/h2-3,6-8,11H,1,4-5,9-10,12-13H2,(H,19,20). The molecule has 106 valence electrons. The van der Waals surface area contributed by atoms with Crippen LogP contribution in [0.5, 0.6) is 0 Å². The number of pyridine rings is 1. The van der Waals surface area contributed by atoms with Crippen molar-refractivity contribution in [1.29, 1.82) is 0 Å². The molecule has 0 amide bonds. The van der Waals surface area contributed by atoms with Crippen LogP contribution in [0.1, 0.15) is 32.1 Å². The van der Waals surface area contributed by atoms with Crippen LogP contribution >= 0.6 is 11.6 Å². The van der Waals surface area contributed by atoms with Gasteiger partial charge in [0.1, 0.15) is 5.82 Å². The summed E-state index contributed by atoms with van der Waals surface area (Å²) in [6.07, 6.45) is 8.29. The summed E-state index contributed by atoms with van der Waals surface area (Å²) in [5, 5.41) is 5.97. The molecule has 1 N–H and O–H groups in total. The van der Waals surface area contributed by atoms with Crippen molar-refractivity contribution in [3.8, 4) is 0 Å². The second kappa shape index (κ2) is 6.01. The summed E-state index contributed by atoms with van der Waals surface area (Å²) in [5.74, 6) is 1.73. The van der Waals surface area contributed by atoms with Crippen LogP contribution in [0.15, 0.2) is 36.5 Å². The molecule has 20 heavy (non-hydrogen) atoms. The first-order valence-electron chi connectivity index (χ1n) is 7.47. The monoisotopic (exact) mass is 288 g/mol. The van der Waals surface area contributed by atoms with Crippen molar-refractivity contribution in [2.75, 3.05) is 17.7 Å². The number of fused-ring (bicyclic) bond motifs is 1. The predicted octanol–water partition coefficient (Wildman–Crippen LogP) is 4.84. The highest BCUT2D eigenvalue weighted by Gasteiger charge is 2.31. The lowest BCUT2D eigenvalue weighted by Crippen LogP contribution is -2.34. The van der Waals surface area contributed by atoms with Gasteiger partial charge in [0, 0.05) is 29.4 Å². The van der Waals surface area contributed by atoms with E-state index >= 15 is 0 Å². The fourth-order valence-corrected chi connectivity index (χ4v) is 3.55. The number of aromatic nitrogens is 1. The van der Waals surface area contributed by atoms with E-state index in [4.69, 9.17) is 11.6 Å². The summed E-state index contributed by atoms with van der Waals surface area (Å²) >= 11 is 6.26. The van der Waals surface area contributed by atoms with E-state index in [0.717, 1.165) is 18.2 Å². The average Bonchev–Trinajstić information content (AvgIpc) is 2.54. The Kier molecular flexibility index (Phi) is 4.11. The van der Waals surface area contributed by atoms with Crippen LogP contribution in [-0.2, 0) is 0 Å². The Morgan fingerprint density at radius 3 is 2.70 bits per heavy atom. The van der Waals surface area contributed by atoms with E-state index in [0.29, 0.717) is 0 Å². The van der Waals surface area contributed by atoms with Crippen LogP contribution in [-0.4, -0.2) is 17.4 Å². The molecular weight excluding hydrogens is 268 g/mol. The van der Waals surface area contributed by atoms with E-state index in [9.17, 15) is 0 Å². The fourth-order valence-electron chi connectivity index (χ4n) is 3.19. The maximum absolute atomic E-state index is 6.26. The Hall–Kier alpha value is -1.28. The van der Waals surface area contributed by atoms with E-state index in [1.54, 1.807) is 0 Å². The number of nitrogens with zero attached hydrogens (tertiary/aromatic N) is 1. The van der Waals surface area contributed by atoms with Gasteiger partial charge in [0.15, 0.2) is 0 Å². The topological polar surface area (TPSA) is 24.9 Å². The van der Waals surface area contributed by atoms with Crippen molar-refractivity contribution in [2.24, 2.45) is 5.41 Å². The molecule has 1 heterocycles. The molecule has 1 aromatic carbocycles. The predicted molar refractivity (Wildman–Crippen MR) is 86.5 cm³/mol. The van der Waals surface area contributed by atoms with Gasteiger partial charge >= 0.3 is 0 Å². The Morgan fingerprint density at radius 1 is 1.10 bits per heavy atom. The largest absolute Gasteiger partial charge is 0.369 e. The van der Waals surface area contributed by atoms with E-state index in [1.807, 2.05) is 6.20 Å². The molecule has 0 saturated heterocycles. The van der Waals surface area contributed by atoms with Crippen LogP contribution in [0.2, 0.25) is 0 Å². The van der Waals surface area contributed by atoms with E-state index in [2.05, 4.69) is 40.6 Å². The van der Waals surface area contributed by atoms with Crippen LogP contribution in [0.4, 0.5) is 5.82 Å². The number of hydrogen-bond donors (Lipinski definition) is 1. The minimum absolute atomic E-state index is 0.248. The van der Waals surface area contributed by atoms with Gasteiger partial charge in [0.25, 0.3) is 0 Å². The smallest absolute Gasteiger partial charge is 0.133 e. The molecule has 2 nitrogen and oxygen atoms in total. The maximum atomic E-state index is 6.26. The minimum atomic E-state index is 0.248. The van der Waals surface area contributed by atoms with Gasteiger partial charge in [0.05, 0.1) is 0 Å². The van der Waals surface area contributed by atoms with Gasteiger partial charge in [0.2, 0.25) is 0 Å². The summed E-state index contributed by atoms with van der Waals surface area (Å²) in [5.41, 5.74) is 0.248. The molecule has 3 heteroatoms. The van der Waals surface area contributed by atoms with Crippen molar-refractivity contribution in [3.05, 3.63) is 36.5 Å². The summed E-state index contributed by atoms with van der Waals surface area (Å²) in [6.45, 7) is 0.928. The first-order valence-corrected chi connectivity index (χ1v) is 8.00. The van der Waals surface area contributed by atoms with E-state index in [-0.39, 0.29) is 5.41 Å². The third-order valence-corrected chi connectivity index (χ3v) is 5.07. The zero-order valence-electron chi connectivity index (χ0n) is 11.7. The summed E-state index contributed by atoms with van der Waals surface area (Å²) in [6, 6.07) is 10.4. The molecule has 0 atom stereocenters. The first-order chi connectivity index (χ1) is 9.83. The zero-order valence-corrected chi connectivity index (χ0v) is 12.5. The minimum Gasteiger partial charge on any atom is -0.369 e. The number of halogens is 1. The van der Waals surface area contributed by atoms with Gasteiger partial charge in [-0.15, -0.1) is 11.6 Å². The number of alkyl halides is 1. The van der Waals surface area contributed by atoms with Gasteiger partial charge in [-0.05, 0) is 24.3 Å². The molecule has 0 aliphatic heterocycles. The number of benzene rings is 1. The molecule has 1 fully saturated rings. The maximum Gasteiger partial charge on any atom is 0.133 e. The van der Waals surface area contributed by atoms with E-state index in [1.165, 1.54) is 42.9 Å². The molecule has 0 spiro atoms. The SMILES string of the molecule is ClCC1(CNc2nccc3ccccc23)CCCCC1. The number of hydrogen-bond acceptors (Lipinski definition) is 2. The molecule has 1 saturated carbocycles. The molecule has 0 unspecified atom stereocenters. The molecule has 1 aromatic heterocycles. The Balaban J connectivity index is 1.79. The summed E-state index contributed by atoms with van der Waals surface area (Å²) in [7, 11) is 0. The average molecular weight is 289 g/mol. The summed E-state index contributed by atoms with van der Waals surface area (Å²) in [4.78, 5) is 4.50. The molecule has 3 rings (SSSR count). The molecule has 1 aliphatic rings. The molecule has 0 radical (unpaired) electrons. The van der Waals surface area contributed by atoms with Gasteiger partial charge in [-0.3, -0.25) is 0 Å². The number of nitrogens with one attached hydrogen (secondary N) is 1. The lowest BCUT2D eigenvalue weighted by atomic mass is 9.75. The second-order valence-corrected chi connectivity index (χ2v) is 6.20. The van der Waals surface area contributed by atoms with Gasteiger partial charge < -0.3 is 5.32 Å². The van der Waals surface area contributed by atoms with Crippen LogP contribution < -0.4 is 5.32 Å². The molecule has 1 aliphatic carbocycles. The van der Waals surface area contributed by atoms with Gasteiger partial charge in [-0.2, -0.15) is 0 Å². The Bertz CT molecular complexity index is 571. The molecular formula is C17H21ClN2. The third kappa shape index (κ3) is 2.76. The van der Waals surface area contributed by atoms with Gasteiger partial charge in [-0.25, -0.2) is 4.98 Å². The second-order valence-electron chi connectivity index (χ2n) is 5.93. The van der Waals surface area contributed by atoms with Crippen molar-refractivity contribution >= 4 is 28.2 Å². The first kappa shape index (κ1) is 13.7. The summed E-state index contributed by atoms with van der Waals surface area (Å²) < 4.78 is 0. The fraction of sp³-hybridized carbons (Fsp3) is 0.471. The third-order valence-electron chi connectivity index (χ3n) is 4.50. The molecule has 2 aromatic rings. The van der Waals surface area contributed by atoms with Crippen LogP contribution in [0.3, 0.4) is 0 Å². The number of anilines is 1. The normalized spacial score (nSPS) is 18.1. The van der Waals surface area contributed by atoms with Crippen molar-refractivity contribution < 1.29 is 0 Å². The highest BCUT2D eigenvalue weighted by atomic mass is 35.5. The van der Waals surface area contributed by atoms with Gasteiger partial charge in [-0.1, -0.05) is 43.5 Å². The highest BCUT2D eigenvalue weighted by Crippen LogP contribution is 2.37. The zero-order chi connectivity index (χ0) is 13.8. The Morgan fingerprint density at radius 2 is 1.90 bits per heavy atom. The highest BCUT2D eigenvalue weighted by molar-refractivity contribution is 6.18. The van der Waals surface area contributed by atoms with Crippen LogP contribution in [0, 0.1) is 5.41 Å². The number of rotatable bonds is 4. The lowest BCUT2D eigenvalue weighted by Gasteiger charge is -2.35. The lowest BCUT2D eigenvalue weighted by molar-refractivity contribution is 0.238. The Labute approximate surface area is 125 Å². The van der Waals surface area contributed by atoms with Crippen LogP contribution in [0.25, 0.3) is 10.8 Å². The quantitative estimate of drug-likeness (QED) is 0.815.